The molecular formula is C14H17N3O3. The van der Waals surface area contributed by atoms with Crippen LogP contribution in [0.15, 0.2) is 30.5 Å². The number of rotatable bonds is 5. The van der Waals surface area contributed by atoms with Gasteiger partial charge in [-0.2, -0.15) is 5.10 Å². The maximum Gasteiger partial charge on any atom is 0.341 e. The Bertz CT molecular complexity index is 607. The molecule has 0 bridgehead atoms. The fourth-order valence-corrected chi connectivity index (χ4v) is 1.73. The van der Waals surface area contributed by atoms with Crippen LogP contribution in [-0.2, 0) is 18.4 Å². The van der Waals surface area contributed by atoms with Crippen LogP contribution in [0.2, 0.25) is 0 Å². The number of nitrogens with zero attached hydrogens (tertiary/aromatic N) is 2. The molecule has 6 heteroatoms. The first-order valence-corrected chi connectivity index (χ1v) is 6.28. The first kappa shape index (κ1) is 13.9. The molecule has 0 amide bonds. The van der Waals surface area contributed by atoms with Gasteiger partial charge in [-0.05, 0) is 31.2 Å². The number of aromatic nitrogens is 2. The molecule has 106 valence electrons. The molecular weight excluding hydrogens is 258 g/mol. The third-order valence-electron chi connectivity index (χ3n) is 2.64. The molecule has 0 radical (unpaired) electrons. The average Bonchev–Trinajstić information content (AvgIpc) is 2.83. The fourth-order valence-electron chi connectivity index (χ4n) is 1.73. The van der Waals surface area contributed by atoms with E-state index >= 15 is 0 Å². The number of hydrogen-bond acceptors (Lipinski definition) is 5. The number of carbonyl (C=O) groups is 1. The van der Waals surface area contributed by atoms with Crippen LogP contribution in [0, 0.1) is 0 Å². The van der Waals surface area contributed by atoms with E-state index in [1.54, 1.807) is 29.8 Å². The van der Waals surface area contributed by atoms with Gasteiger partial charge in [-0.1, -0.05) is 0 Å². The SMILES string of the molecule is CCOC(=O)c1cc(N)ccc1OCc1ccn(C)n1. The summed E-state index contributed by atoms with van der Waals surface area (Å²) in [7, 11) is 1.83. The van der Waals surface area contributed by atoms with Crippen molar-refractivity contribution in [1.82, 2.24) is 9.78 Å². The van der Waals surface area contributed by atoms with Gasteiger partial charge in [0.05, 0.1) is 12.3 Å². The fraction of sp³-hybridized carbons (Fsp3) is 0.286. The molecule has 2 rings (SSSR count). The van der Waals surface area contributed by atoms with Crippen LogP contribution in [0.3, 0.4) is 0 Å². The zero-order chi connectivity index (χ0) is 14.5. The van der Waals surface area contributed by atoms with Gasteiger partial charge in [-0.25, -0.2) is 4.79 Å². The van der Waals surface area contributed by atoms with E-state index in [0.717, 1.165) is 5.69 Å². The summed E-state index contributed by atoms with van der Waals surface area (Å²) in [5.41, 5.74) is 7.28. The van der Waals surface area contributed by atoms with E-state index in [0.29, 0.717) is 23.6 Å². The number of hydrogen-bond donors (Lipinski definition) is 1. The van der Waals surface area contributed by atoms with Crippen molar-refractivity contribution in [3.05, 3.63) is 41.7 Å². The summed E-state index contributed by atoms with van der Waals surface area (Å²) in [6, 6.07) is 6.73. The molecule has 1 aromatic heterocycles. The monoisotopic (exact) mass is 275 g/mol. The summed E-state index contributed by atoms with van der Waals surface area (Å²) in [6.07, 6.45) is 1.83. The van der Waals surface area contributed by atoms with E-state index in [1.165, 1.54) is 0 Å². The second-order valence-electron chi connectivity index (χ2n) is 4.25. The maximum absolute atomic E-state index is 11.9. The Morgan fingerprint density at radius 2 is 2.20 bits per heavy atom. The van der Waals surface area contributed by atoms with Crippen LogP contribution in [-0.4, -0.2) is 22.4 Å². The molecule has 1 aromatic carbocycles. The van der Waals surface area contributed by atoms with Gasteiger partial charge in [0.15, 0.2) is 0 Å². The van der Waals surface area contributed by atoms with Gasteiger partial charge >= 0.3 is 5.97 Å². The topological polar surface area (TPSA) is 79.4 Å². The number of nitrogen functional groups attached to an aromatic ring is 1. The van der Waals surface area contributed by atoms with Crippen molar-refractivity contribution in [3.8, 4) is 5.75 Å². The molecule has 0 aliphatic carbocycles. The van der Waals surface area contributed by atoms with Crippen LogP contribution in [0.5, 0.6) is 5.75 Å². The first-order valence-electron chi connectivity index (χ1n) is 6.28. The Kier molecular flexibility index (Phi) is 4.24. The lowest BCUT2D eigenvalue weighted by molar-refractivity contribution is 0.0521. The molecule has 0 saturated heterocycles. The quantitative estimate of drug-likeness (QED) is 0.664. The molecule has 2 N–H and O–H groups in total. The lowest BCUT2D eigenvalue weighted by atomic mass is 10.2. The summed E-state index contributed by atoms with van der Waals surface area (Å²) in [4.78, 5) is 11.9. The maximum atomic E-state index is 11.9. The highest BCUT2D eigenvalue weighted by molar-refractivity contribution is 5.93. The van der Waals surface area contributed by atoms with E-state index in [9.17, 15) is 4.79 Å². The zero-order valence-electron chi connectivity index (χ0n) is 11.5. The second kappa shape index (κ2) is 6.10. The minimum Gasteiger partial charge on any atom is -0.486 e. The lowest BCUT2D eigenvalue weighted by Crippen LogP contribution is -2.09. The minimum absolute atomic E-state index is 0.275. The van der Waals surface area contributed by atoms with E-state index in [1.807, 2.05) is 19.3 Å². The van der Waals surface area contributed by atoms with Gasteiger partial charge in [0.1, 0.15) is 17.9 Å². The summed E-state index contributed by atoms with van der Waals surface area (Å²) >= 11 is 0. The molecule has 0 saturated carbocycles. The number of aryl methyl sites for hydroxylation is 1. The molecule has 6 nitrogen and oxygen atoms in total. The van der Waals surface area contributed by atoms with Crippen LogP contribution in [0.25, 0.3) is 0 Å². The molecule has 0 aliphatic rings. The summed E-state index contributed by atoms with van der Waals surface area (Å²) in [6.45, 7) is 2.32. The second-order valence-corrected chi connectivity index (χ2v) is 4.25. The van der Waals surface area contributed by atoms with Crippen molar-refractivity contribution in [2.45, 2.75) is 13.5 Å². The predicted octanol–water partition coefficient (Wildman–Crippen LogP) is 1.76. The number of anilines is 1. The van der Waals surface area contributed by atoms with Gasteiger partial charge in [0.2, 0.25) is 0 Å². The van der Waals surface area contributed by atoms with Crippen molar-refractivity contribution in [3.63, 3.8) is 0 Å². The van der Waals surface area contributed by atoms with Gasteiger partial charge in [-0.15, -0.1) is 0 Å². The highest BCUT2D eigenvalue weighted by Crippen LogP contribution is 2.23. The first-order chi connectivity index (χ1) is 9.60. The normalized spacial score (nSPS) is 10.3. The van der Waals surface area contributed by atoms with Crippen molar-refractivity contribution in [2.75, 3.05) is 12.3 Å². The number of esters is 1. The minimum atomic E-state index is -0.448. The Hall–Kier alpha value is -2.50. The predicted molar refractivity (Wildman–Crippen MR) is 74.4 cm³/mol. The Morgan fingerprint density at radius 1 is 1.40 bits per heavy atom. The van der Waals surface area contributed by atoms with Crippen molar-refractivity contribution < 1.29 is 14.3 Å². The third-order valence-corrected chi connectivity index (χ3v) is 2.64. The van der Waals surface area contributed by atoms with E-state index in [-0.39, 0.29) is 6.61 Å². The largest absolute Gasteiger partial charge is 0.486 e. The highest BCUT2D eigenvalue weighted by atomic mass is 16.5. The number of ether oxygens (including phenoxy) is 2. The van der Waals surface area contributed by atoms with Gasteiger partial charge < -0.3 is 15.2 Å². The molecule has 0 fully saturated rings. The zero-order valence-corrected chi connectivity index (χ0v) is 11.5. The molecule has 1 heterocycles. The Labute approximate surface area is 117 Å². The van der Waals surface area contributed by atoms with Crippen LogP contribution >= 0.6 is 0 Å². The summed E-state index contributed by atoms with van der Waals surface area (Å²) in [5.74, 6) is -0.0147. The third kappa shape index (κ3) is 3.28. The number of carbonyl (C=O) groups excluding carboxylic acids is 1. The Morgan fingerprint density at radius 3 is 2.85 bits per heavy atom. The van der Waals surface area contributed by atoms with Crippen molar-refractivity contribution >= 4 is 11.7 Å². The average molecular weight is 275 g/mol. The number of benzene rings is 1. The van der Waals surface area contributed by atoms with E-state index in [2.05, 4.69) is 5.10 Å². The van der Waals surface area contributed by atoms with Crippen LogP contribution in [0.1, 0.15) is 23.0 Å². The highest BCUT2D eigenvalue weighted by Gasteiger charge is 2.14. The van der Waals surface area contributed by atoms with Gasteiger partial charge in [0.25, 0.3) is 0 Å². The molecule has 0 unspecified atom stereocenters. The van der Waals surface area contributed by atoms with Crippen LogP contribution in [0.4, 0.5) is 5.69 Å². The van der Waals surface area contributed by atoms with Crippen molar-refractivity contribution in [2.24, 2.45) is 7.05 Å². The van der Waals surface area contributed by atoms with Crippen LogP contribution < -0.4 is 10.5 Å². The standard InChI is InChI=1S/C14H17N3O3/c1-3-19-14(18)12-8-10(15)4-5-13(12)20-9-11-6-7-17(2)16-11/h4-8H,3,9,15H2,1-2H3. The molecule has 0 spiro atoms. The van der Waals surface area contributed by atoms with Gasteiger partial charge in [0, 0.05) is 18.9 Å². The van der Waals surface area contributed by atoms with Crippen molar-refractivity contribution in [1.29, 1.82) is 0 Å². The smallest absolute Gasteiger partial charge is 0.341 e. The molecule has 0 aliphatic heterocycles. The summed E-state index contributed by atoms with van der Waals surface area (Å²) in [5, 5.41) is 4.20. The van der Waals surface area contributed by atoms with E-state index in [4.69, 9.17) is 15.2 Å². The van der Waals surface area contributed by atoms with Gasteiger partial charge in [-0.3, -0.25) is 4.68 Å². The number of nitrogens with two attached hydrogens (primary N) is 1. The van der Waals surface area contributed by atoms with E-state index < -0.39 is 5.97 Å². The molecule has 2 aromatic rings. The molecule has 20 heavy (non-hydrogen) atoms. The Balaban J connectivity index is 2.16. The lowest BCUT2D eigenvalue weighted by Gasteiger charge is -2.10. The summed E-state index contributed by atoms with van der Waals surface area (Å²) < 4.78 is 12.3. The molecule has 0 atom stereocenters.